The van der Waals surface area contributed by atoms with E-state index in [1.165, 1.54) is 24.8 Å². The smallest absolute Gasteiger partial charge is 0.125 e. The number of hydrogen-bond donors (Lipinski definition) is 1. The summed E-state index contributed by atoms with van der Waals surface area (Å²) in [5.41, 5.74) is 1.22. The Bertz CT molecular complexity index is 305. The fraction of sp³-hybridized carbons (Fsp3) is 0.615. The summed E-state index contributed by atoms with van der Waals surface area (Å²) in [6.45, 7) is 5.50. The third-order valence-corrected chi connectivity index (χ3v) is 3.29. The zero-order chi connectivity index (χ0) is 10.7. The molecule has 2 atom stereocenters. The Kier molecular flexibility index (Phi) is 3.24. The first kappa shape index (κ1) is 10.5. The molecule has 1 heterocycles. The fourth-order valence-corrected chi connectivity index (χ4v) is 2.33. The van der Waals surface area contributed by atoms with E-state index in [2.05, 4.69) is 36.3 Å². The van der Waals surface area contributed by atoms with Crippen LogP contribution in [0.1, 0.15) is 31.7 Å². The third kappa shape index (κ3) is 2.95. The summed E-state index contributed by atoms with van der Waals surface area (Å²) in [6.07, 6.45) is 6.06. The number of aromatic nitrogens is 1. The molecule has 2 heteroatoms. The van der Waals surface area contributed by atoms with Gasteiger partial charge in [-0.1, -0.05) is 19.4 Å². The maximum atomic E-state index is 4.35. The summed E-state index contributed by atoms with van der Waals surface area (Å²) >= 11 is 0. The van der Waals surface area contributed by atoms with Crippen molar-refractivity contribution in [2.45, 2.75) is 33.1 Å². The zero-order valence-corrected chi connectivity index (χ0v) is 9.66. The number of hydrogen-bond acceptors (Lipinski definition) is 2. The van der Waals surface area contributed by atoms with Crippen LogP contribution in [0.5, 0.6) is 0 Å². The molecule has 0 aromatic carbocycles. The highest BCUT2D eigenvalue weighted by molar-refractivity contribution is 5.35. The highest BCUT2D eigenvalue weighted by Crippen LogP contribution is 2.30. The molecule has 0 spiro atoms. The Morgan fingerprint density at radius 3 is 2.87 bits per heavy atom. The van der Waals surface area contributed by atoms with Crippen molar-refractivity contribution in [1.29, 1.82) is 0 Å². The first-order valence-corrected chi connectivity index (χ1v) is 5.90. The molecular formula is C13H20N2. The van der Waals surface area contributed by atoms with Gasteiger partial charge in [-0.2, -0.15) is 0 Å². The monoisotopic (exact) mass is 204 g/mol. The second-order valence-electron chi connectivity index (χ2n) is 4.89. The maximum Gasteiger partial charge on any atom is 0.125 e. The van der Waals surface area contributed by atoms with Gasteiger partial charge in [-0.15, -0.1) is 0 Å². The highest BCUT2D eigenvalue weighted by atomic mass is 15.0. The minimum atomic E-state index is 0.850. The van der Waals surface area contributed by atoms with Gasteiger partial charge in [-0.3, -0.25) is 0 Å². The van der Waals surface area contributed by atoms with Crippen LogP contribution in [0, 0.1) is 18.8 Å². The van der Waals surface area contributed by atoms with Crippen LogP contribution in [0.4, 0.5) is 5.82 Å². The molecule has 1 aromatic rings. The van der Waals surface area contributed by atoms with Gasteiger partial charge < -0.3 is 5.32 Å². The Balaban J connectivity index is 1.80. The minimum absolute atomic E-state index is 0.850. The van der Waals surface area contributed by atoms with Gasteiger partial charge in [0.2, 0.25) is 0 Å². The first-order valence-electron chi connectivity index (χ1n) is 5.90. The molecule has 1 fully saturated rings. The molecule has 2 unspecified atom stereocenters. The van der Waals surface area contributed by atoms with E-state index < -0.39 is 0 Å². The third-order valence-electron chi connectivity index (χ3n) is 3.29. The zero-order valence-electron chi connectivity index (χ0n) is 9.66. The largest absolute Gasteiger partial charge is 0.370 e. The summed E-state index contributed by atoms with van der Waals surface area (Å²) in [4.78, 5) is 4.35. The number of pyridine rings is 1. The van der Waals surface area contributed by atoms with Gasteiger partial charge in [0, 0.05) is 12.7 Å². The molecule has 1 N–H and O–H groups in total. The molecule has 1 aliphatic rings. The van der Waals surface area contributed by atoms with E-state index in [0.29, 0.717) is 0 Å². The second kappa shape index (κ2) is 4.65. The lowest BCUT2D eigenvalue weighted by atomic mass is 10.1. The van der Waals surface area contributed by atoms with E-state index in [1.54, 1.807) is 0 Å². The summed E-state index contributed by atoms with van der Waals surface area (Å²) in [5.74, 6) is 2.78. The van der Waals surface area contributed by atoms with Crippen LogP contribution in [0.25, 0.3) is 0 Å². The van der Waals surface area contributed by atoms with E-state index in [0.717, 1.165) is 24.2 Å². The summed E-state index contributed by atoms with van der Waals surface area (Å²) in [7, 11) is 0. The van der Waals surface area contributed by atoms with Gasteiger partial charge in [0.1, 0.15) is 5.82 Å². The summed E-state index contributed by atoms with van der Waals surface area (Å²) in [6, 6.07) is 4.17. The number of nitrogens with one attached hydrogen (secondary N) is 1. The lowest BCUT2D eigenvalue weighted by Crippen LogP contribution is -2.12. The van der Waals surface area contributed by atoms with E-state index in [4.69, 9.17) is 0 Å². The quantitative estimate of drug-likeness (QED) is 0.817. The van der Waals surface area contributed by atoms with Crippen molar-refractivity contribution in [3.05, 3.63) is 23.9 Å². The summed E-state index contributed by atoms with van der Waals surface area (Å²) in [5, 5.41) is 3.42. The number of nitrogens with zero attached hydrogens (tertiary/aromatic N) is 1. The van der Waals surface area contributed by atoms with Gasteiger partial charge in [0.25, 0.3) is 0 Å². The van der Waals surface area contributed by atoms with Crippen LogP contribution in [0.15, 0.2) is 18.3 Å². The van der Waals surface area contributed by atoms with Gasteiger partial charge in [0.15, 0.2) is 0 Å². The van der Waals surface area contributed by atoms with Crippen molar-refractivity contribution < 1.29 is 0 Å². The van der Waals surface area contributed by atoms with Crippen molar-refractivity contribution >= 4 is 5.82 Å². The average Bonchev–Trinajstić information content (AvgIpc) is 2.64. The van der Waals surface area contributed by atoms with Crippen molar-refractivity contribution in [2.75, 3.05) is 11.9 Å². The molecule has 15 heavy (non-hydrogen) atoms. The molecule has 1 saturated carbocycles. The van der Waals surface area contributed by atoms with Crippen LogP contribution in [-0.4, -0.2) is 11.5 Å². The van der Waals surface area contributed by atoms with Gasteiger partial charge >= 0.3 is 0 Å². The van der Waals surface area contributed by atoms with E-state index in [9.17, 15) is 0 Å². The van der Waals surface area contributed by atoms with Gasteiger partial charge in [-0.05, 0) is 43.2 Å². The van der Waals surface area contributed by atoms with Crippen molar-refractivity contribution in [2.24, 2.45) is 11.8 Å². The lowest BCUT2D eigenvalue weighted by Gasteiger charge is -2.11. The molecule has 82 valence electrons. The van der Waals surface area contributed by atoms with Crippen LogP contribution < -0.4 is 5.32 Å². The molecule has 0 aliphatic heterocycles. The predicted octanol–water partition coefficient (Wildman–Crippen LogP) is 3.24. The minimum Gasteiger partial charge on any atom is -0.370 e. The van der Waals surface area contributed by atoms with Crippen LogP contribution >= 0.6 is 0 Å². The van der Waals surface area contributed by atoms with Crippen molar-refractivity contribution in [3.8, 4) is 0 Å². The summed E-state index contributed by atoms with van der Waals surface area (Å²) < 4.78 is 0. The number of aryl methyl sites for hydroxylation is 1. The molecule has 1 aliphatic carbocycles. The van der Waals surface area contributed by atoms with Crippen LogP contribution in [0.2, 0.25) is 0 Å². The van der Waals surface area contributed by atoms with Crippen LogP contribution in [-0.2, 0) is 0 Å². The maximum absolute atomic E-state index is 4.35. The number of anilines is 1. The Morgan fingerprint density at radius 1 is 1.40 bits per heavy atom. The SMILES string of the molecule is Cc1ccc(NCC2CCC(C)C2)nc1. The average molecular weight is 204 g/mol. The molecule has 0 amide bonds. The second-order valence-corrected chi connectivity index (χ2v) is 4.89. The Labute approximate surface area is 92.1 Å². The standard InChI is InChI=1S/C13H20N2/c1-10-3-5-12(7-10)9-15-13-6-4-11(2)8-14-13/h4,6,8,10,12H,3,5,7,9H2,1-2H3,(H,14,15). The first-order chi connectivity index (χ1) is 7.24. The van der Waals surface area contributed by atoms with Crippen molar-refractivity contribution in [3.63, 3.8) is 0 Å². The van der Waals surface area contributed by atoms with Gasteiger partial charge in [-0.25, -0.2) is 4.98 Å². The molecule has 0 radical (unpaired) electrons. The lowest BCUT2D eigenvalue weighted by molar-refractivity contribution is 0.536. The van der Waals surface area contributed by atoms with E-state index in [1.807, 2.05) is 6.20 Å². The fourth-order valence-electron chi connectivity index (χ4n) is 2.33. The number of rotatable bonds is 3. The van der Waals surface area contributed by atoms with Crippen molar-refractivity contribution in [1.82, 2.24) is 4.98 Å². The van der Waals surface area contributed by atoms with Crippen LogP contribution in [0.3, 0.4) is 0 Å². The van der Waals surface area contributed by atoms with Gasteiger partial charge in [0.05, 0.1) is 0 Å². The molecule has 1 aromatic heterocycles. The Morgan fingerprint density at radius 2 is 2.27 bits per heavy atom. The van der Waals surface area contributed by atoms with E-state index in [-0.39, 0.29) is 0 Å². The molecule has 2 rings (SSSR count). The molecule has 0 saturated heterocycles. The molecule has 2 nitrogen and oxygen atoms in total. The predicted molar refractivity (Wildman–Crippen MR) is 64.0 cm³/mol. The normalized spacial score (nSPS) is 25.5. The highest BCUT2D eigenvalue weighted by Gasteiger charge is 2.20. The Hall–Kier alpha value is -1.05. The topological polar surface area (TPSA) is 24.9 Å². The van der Waals surface area contributed by atoms with E-state index >= 15 is 0 Å². The molecule has 0 bridgehead atoms. The molecular weight excluding hydrogens is 184 g/mol.